The van der Waals surface area contributed by atoms with Crippen LogP contribution in [0.1, 0.15) is 66.9 Å². The summed E-state index contributed by atoms with van der Waals surface area (Å²) >= 11 is 0. The predicted molar refractivity (Wildman–Crippen MR) is 250 cm³/mol. The number of phenolic OH excluding ortho intramolecular Hbond substituents is 1. The number of fused-ring (bicyclic) bond motifs is 5. The number of pyridine rings is 1. The highest BCUT2D eigenvalue weighted by Gasteiger charge is 2.56. The Kier molecular flexibility index (Phi) is 9.40. The molecule has 15 nitrogen and oxygen atoms in total. The molecule has 3 N–H and O–H groups in total. The maximum absolute atomic E-state index is 17.1. The van der Waals surface area contributed by atoms with E-state index in [9.17, 15) is 19.5 Å². The molecule has 6 saturated heterocycles. The molecule has 3 amide bonds. The second kappa shape index (κ2) is 15.3. The number of benzene rings is 3. The Labute approximate surface area is 387 Å². The Balaban J connectivity index is 0.655. The number of aromatic nitrogens is 3. The number of rotatable bonds is 11. The van der Waals surface area contributed by atoms with Crippen molar-refractivity contribution >= 4 is 50.9 Å². The minimum atomic E-state index is -0.606. The molecule has 3 unspecified atom stereocenters. The van der Waals surface area contributed by atoms with Gasteiger partial charge in [-0.25, -0.2) is 4.39 Å². The minimum absolute atomic E-state index is 0.0145. The van der Waals surface area contributed by atoms with Crippen LogP contribution in [0.5, 0.6) is 11.8 Å². The van der Waals surface area contributed by atoms with Gasteiger partial charge < -0.3 is 29.9 Å². The molecule has 0 radical (unpaired) electrons. The number of hydrogen-bond donors (Lipinski definition) is 3. The number of anilines is 2. The van der Waals surface area contributed by atoms with Crippen molar-refractivity contribution in [2.75, 3.05) is 75.3 Å². The van der Waals surface area contributed by atoms with Gasteiger partial charge in [0.2, 0.25) is 11.8 Å². The summed E-state index contributed by atoms with van der Waals surface area (Å²) in [5.41, 5.74) is 4.95. The van der Waals surface area contributed by atoms with Crippen molar-refractivity contribution in [3.63, 3.8) is 0 Å². The Hall–Kier alpha value is -5.97. The van der Waals surface area contributed by atoms with Crippen molar-refractivity contribution in [3.05, 3.63) is 77.2 Å². The molecule has 13 rings (SSSR count). The molecule has 2 bridgehead atoms. The van der Waals surface area contributed by atoms with E-state index in [4.69, 9.17) is 19.7 Å². The van der Waals surface area contributed by atoms with Gasteiger partial charge in [0.25, 0.3) is 5.91 Å². The zero-order valence-corrected chi connectivity index (χ0v) is 37.8. The molecule has 16 heteroatoms. The van der Waals surface area contributed by atoms with E-state index in [-0.39, 0.29) is 52.5 Å². The average molecular weight is 907 g/mol. The Bertz CT molecular complexity index is 2890. The fourth-order valence-electron chi connectivity index (χ4n) is 12.6. The van der Waals surface area contributed by atoms with Gasteiger partial charge in [0, 0.05) is 124 Å². The van der Waals surface area contributed by atoms with Crippen LogP contribution in [0, 0.1) is 16.6 Å². The second-order valence-electron chi connectivity index (χ2n) is 21.1. The van der Waals surface area contributed by atoms with E-state index in [2.05, 4.69) is 43.2 Å². The van der Waals surface area contributed by atoms with Crippen LogP contribution in [0.25, 0.3) is 32.9 Å². The molecule has 3 aromatic carbocycles. The van der Waals surface area contributed by atoms with Gasteiger partial charge >= 0.3 is 6.01 Å². The van der Waals surface area contributed by atoms with Crippen molar-refractivity contribution in [1.29, 1.82) is 0 Å². The number of carbonyl (C=O) groups excluding carboxylic acids is 3. The zero-order valence-electron chi connectivity index (χ0n) is 37.8. The number of piperidine rings is 1. The normalized spacial score (nSPS) is 25.4. The molecule has 5 aromatic rings. The van der Waals surface area contributed by atoms with Crippen LogP contribution in [-0.4, -0.2) is 142 Å². The van der Waals surface area contributed by atoms with Gasteiger partial charge in [0.05, 0.1) is 12.0 Å². The lowest BCUT2D eigenvalue weighted by Gasteiger charge is -2.64. The van der Waals surface area contributed by atoms with Gasteiger partial charge in [-0.2, -0.15) is 9.97 Å². The number of hydrogen-bond acceptors (Lipinski definition) is 13. The van der Waals surface area contributed by atoms with E-state index in [1.807, 2.05) is 30.3 Å². The predicted octanol–water partition coefficient (Wildman–Crippen LogP) is 4.62. The summed E-state index contributed by atoms with van der Waals surface area (Å²) in [6, 6.07) is 16.1. The van der Waals surface area contributed by atoms with E-state index < -0.39 is 11.9 Å². The molecule has 8 aliphatic rings. The lowest BCUT2D eigenvalue weighted by Crippen LogP contribution is -2.77. The number of amides is 3. The zero-order chi connectivity index (χ0) is 45.3. The number of aromatic hydroxyl groups is 1. The third-order valence-corrected chi connectivity index (χ3v) is 16.3. The number of imide groups is 1. The molecular weight excluding hydrogens is 852 g/mol. The van der Waals surface area contributed by atoms with Crippen LogP contribution < -0.4 is 25.2 Å². The Morgan fingerprint density at radius 3 is 2.48 bits per heavy atom. The van der Waals surface area contributed by atoms with Crippen LogP contribution in [0.4, 0.5) is 15.9 Å². The number of piperazine rings is 1. The van der Waals surface area contributed by atoms with Gasteiger partial charge in [-0.15, -0.1) is 0 Å². The van der Waals surface area contributed by atoms with Crippen LogP contribution in [0.3, 0.4) is 0 Å². The molecular formula is C51H55FN10O5. The lowest BCUT2D eigenvalue weighted by molar-refractivity contribution is -0.136. The van der Waals surface area contributed by atoms with Crippen LogP contribution in [0.2, 0.25) is 0 Å². The van der Waals surface area contributed by atoms with Gasteiger partial charge in [-0.1, -0.05) is 25.1 Å². The molecule has 2 aromatic heterocycles. The molecule has 1 aliphatic carbocycles. The van der Waals surface area contributed by atoms with E-state index in [0.717, 1.165) is 119 Å². The first-order valence-corrected chi connectivity index (χ1v) is 24.2. The molecule has 7 fully saturated rings. The summed E-state index contributed by atoms with van der Waals surface area (Å²) in [5.74, 6) is -0.632. The highest BCUT2D eigenvalue weighted by molar-refractivity contribution is 6.06. The van der Waals surface area contributed by atoms with Crippen molar-refractivity contribution in [3.8, 4) is 23.0 Å². The monoisotopic (exact) mass is 906 g/mol. The van der Waals surface area contributed by atoms with Gasteiger partial charge in [-0.05, 0) is 90.8 Å². The summed E-state index contributed by atoms with van der Waals surface area (Å²) in [6.07, 6.45) is 7.39. The number of likely N-dealkylation sites (tertiary alicyclic amines) is 2. The Morgan fingerprint density at radius 1 is 0.910 bits per heavy atom. The van der Waals surface area contributed by atoms with Crippen molar-refractivity contribution in [1.82, 2.24) is 40.3 Å². The van der Waals surface area contributed by atoms with Gasteiger partial charge in [0.1, 0.15) is 28.8 Å². The summed E-state index contributed by atoms with van der Waals surface area (Å²) in [5, 5.41) is 19.1. The maximum Gasteiger partial charge on any atom is 0.319 e. The second-order valence-corrected chi connectivity index (χ2v) is 21.1. The third kappa shape index (κ3) is 6.99. The number of phenols is 1. The third-order valence-electron chi connectivity index (χ3n) is 16.3. The fourth-order valence-corrected chi connectivity index (χ4v) is 12.6. The molecule has 9 heterocycles. The van der Waals surface area contributed by atoms with Crippen LogP contribution in [-0.2, 0) is 22.6 Å². The summed E-state index contributed by atoms with van der Waals surface area (Å²) < 4.78 is 23.7. The molecule has 67 heavy (non-hydrogen) atoms. The average Bonchev–Trinajstić information content (AvgIpc) is 3.87. The van der Waals surface area contributed by atoms with Crippen LogP contribution >= 0.6 is 0 Å². The molecule has 7 aliphatic heterocycles. The first-order chi connectivity index (χ1) is 32.5. The minimum Gasteiger partial charge on any atom is -0.508 e. The number of nitrogens with one attached hydrogen (secondary N) is 2. The number of carbonyl (C=O) groups is 3. The first-order valence-electron chi connectivity index (χ1n) is 24.2. The molecule has 3 atom stereocenters. The number of halogens is 1. The maximum atomic E-state index is 17.1. The standard InChI is InChI=1S/C51H55FN10O5/c1-2-29-4-3-5-30-15-36(63)16-38(42(29)30)44-43(52)45-39(17-53-44)46(59-19-32-6-7-33(20-59)54-32)57-49(56-45)67-28-50(12-13-50)23-58-21-35(22-58)61-26-51(27-61)24-60(25-51)34-8-9-37-31(14-34)18-62(48(37)66)40-10-11-41(64)55-47(40)65/h3-5,8-9,14-17,32-33,35,40,54,63H,2,6-7,10-13,18-28H2,1H3,(H,55,64,65). The Morgan fingerprint density at radius 2 is 1.72 bits per heavy atom. The largest absolute Gasteiger partial charge is 0.508 e. The van der Waals surface area contributed by atoms with Crippen molar-refractivity contribution < 1.29 is 28.6 Å². The highest BCUT2D eigenvalue weighted by Crippen LogP contribution is 2.49. The number of ether oxygens (including phenoxy) is 1. The summed E-state index contributed by atoms with van der Waals surface area (Å²) in [6.45, 7) is 11.7. The highest BCUT2D eigenvalue weighted by atomic mass is 19.1. The van der Waals surface area contributed by atoms with Crippen molar-refractivity contribution in [2.45, 2.75) is 82.6 Å². The lowest BCUT2D eigenvalue weighted by atomic mass is 9.71. The number of nitrogens with zero attached hydrogens (tertiary/aromatic N) is 8. The van der Waals surface area contributed by atoms with E-state index in [0.29, 0.717) is 65.4 Å². The van der Waals surface area contributed by atoms with E-state index in [1.165, 1.54) is 0 Å². The fraction of sp³-hybridized carbons (Fsp3) is 0.490. The summed E-state index contributed by atoms with van der Waals surface area (Å²) in [7, 11) is 0. The summed E-state index contributed by atoms with van der Waals surface area (Å²) in [4.78, 5) is 63.4. The van der Waals surface area contributed by atoms with Gasteiger partial charge in [-0.3, -0.25) is 34.5 Å². The molecule has 346 valence electrons. The number of aryl methyl sites for hydroxylation is 1. The van der Waals surface area contributed by atoms with Crippen molar-refractivity contribution in [2.24, 2.45) is 10.8 Å². The SMILES string of the molecule is CCc1cccc2cc(O)cc(-c3ncc4c(N5CC6CCC(C5)N6)nc(OCC5(CN6CC(N7CC8(CN(c9ccc%10c(c9)CN(C9CCC(=O)NC9=O)C%10=O)C8)C7)C6)CC5)nc4c3F)c12. The van der Waals surface area contributed by atoms with E-state index >= 15 is 4.39 Å². The van der Waals surface area contributed by atoms with Crippen LogP contribution in [0.15, 0.2) is 54.7 Å². The van der Waals surface area contributed by atoms with E-state index in [1.54, 1.807) is 23.2 Å². The topological polar surface area (TPSA) is 160 Å². The first kappa shape index (κ1) is 41.2. The van der Waals surface area contributed by atoms with Gasteiger partial charge in [0.15, 0.2) is 5.82 Å². The molecule has 1 saturated carbocycles. The smallest absolute Gasteiger partial charge is 0.319 e. The molecule has 1 spiro atoms. The quantitative estimate of drug-likeness (QED) is 0.158.